The van der Waals surface area contributed by atoms with E-state index in [2.05, 4.69) is 19.2 Å². The first-order chi connectivity index (χ1) is 16.1. The fourth-order valence-corrected chi connectivity index (χ4v) is 8.53. The second kappa shape index (κ2) is 7.75. The number of nitrogens with zero attached hydrogens (tertiary/aromatic N) is 3. The van der Waals surface area contributed by atoms with Crippen molar-refractivity contribution in [1.29, 1.82) is 0 Å². The predicted octanol–water partition coefficient (Wildman–Crippen LogP) is 3.93. The number of imide groups is 2. The van der Waals surface area contributed by atoms with Crippen molar-refractivity contribution in [2.75, 3.05) is 19.0 Å². The molecule has 0 N–H and O–H groups in total. The maximum atomic E-state index is 14.4. The second-order valence-electron chi connectivity index (χ2n) is 8.88. The molecule has 0 saturated carbocycles. The molecule has 2 aliphatic heterocycles. The molecule has 0 radical (unpaired) electrons. The van der Waals surface area contributed by atoms with E-state index in [-0.39, 0.29) is 11.4 Å². The third-order valence-electron chi connectivity index (χ3n) is 6.46. The zero-order valence-electron chi connectivity index (χ0n) is 19.1. The average Bonchev–Trinajstić information content (AvgIpc) is 3.27. The van der Waals surface area contributed by atoms with Crippen LogP contribution in [0.25, 0.3) is 6.08 Å². The van der Waals surface area contributed by atoms with Crippen LogP contribution in [0.2, 0.25) is 13.1 Å². The summed E-state index contributed by atoms with van der Waals surface area (Å²) in [6.07, 6.45) is 1.51. The summed E-state index contributed by atoms with van der Waals surface area (Å²) in [7, 11) is 0.655. The number of amides is 4. The summed E-state index contributed by atoms with van der Waals surface area (Å²) in [5.41, 5.74) is 1.75. The van der Waals surface area contributed by atoms with E-state index in [9.17, 15) is 18.8 Å². The number of thiophene rings is 1. The highest BCUT2D eigenvalue weighted by Crippen LogP contribution is 2.42. The minimum absolute atomic E-state index is 0.0722. The molecule has 0 spiro atoms. The van der Waals surface area contributed by atoms with Crippen LogP contribution in [-0.2, 0) is 9.59 Å². The molecule has 1 saturated heterocycles. The van der Waals surface area contributed by atoms with Gasteiger partial charge in [0.05, 0.1) is 0 Å². The van der Waals surface area contributed by atoms with Crippen molar-refractivity contribution in [2.45, 2.75) is 13.1 Å². The molecule has 0 aliphatic carbocycles. The lowest BCUT2D eigenvalue weighted by Gasteiger charge is -2.40. The Morgan fingerprint density at radius 1 is 0.853 bits per heavy atom. The lowest BCUT2D eigenvalue weighted by atomic mass is 10.1. The summed E-state index contributed by atoms with van der Waals surface area (Å²) in [5.74, 6) is -1.57. The van der Waals surface area contributed by atoms with Crippen LogP contribution < -0.4 is 15.3 Å². The summed E-state index contributed by atoms with van der Waals surface area (Å²) in [4.78, 5) is 41.8. The van der Waals surface area contributed by atoms with E-state index in [1.165, 1.54) is 42.8 Å². The van der Waals surface area contributed by atoms with Gasteiger partial charge < -0.3 is 4.90 Å². The van der Waals surface area contributed by atoms with E-state index < -0.39 is 25.9 Å². The first kappa shape index (κ1) is 22.2. The van der Waals surface area contributed by atoms with Crippen molar-refractivity contribution < 1.29 is 18.8 Å². The molecule has 2 aromatic carbocycles. The van der Waals surface area contributed by atoms with Gasteiger partial charge in [-0.2, -0.15) is 0 Å². The van der Waals surface area contributed by atoms with Gasteiger partial charge in [0.2, 0.25) is 0 Å². The fourth-order valence-electron chi connectivity index (χ4n) is 4.58. The zero-order valence-corrected chi connectivity index (χ0v) is 20.9. The molecule has 5 rings (SSSR count). The number of halogens is 1. The van der Waals surface area contributed by atoms with Crippen LogP contribution in [0.1, 0.15) is 4.88 Å². The molecule has 6 nitrogen and oxygen atoms in total. The topological polar surface area (TPSA) is 60.9 Å². The molecule has 0 atom stereocenters. The van der Waals surface area contributed by atoms with Gasteiger partial charge in [0.1, 0.15) is 24.5 Å². The van der Waals surface area contributed by atoms with Crippen LogP contribution in [0.3, 0.4) is 0 Å². The van der Waals surface area contributed by atoms with Gasteiger partial charge in [-0.1, -0.05) is 37.4 Å². The minimum atomic E-state index is -2.05. The number of fused-ring (bicyclic) bond motifs is 2. The largest absolute Gasteiger partial charge is 0.333 e. The Morgan fingerprint density at radius 2 is 1.50 bits per heavy atom. The van der Waals surface area contributed by atoms with Gasteiger partial charge in [-0.05, 0) is 46.8 Å². The van der Waals surface area contributed by atoms with E-state index in [0.29, 0.717) is 4.88 Å². The van der Waals surface area contributed by atoms with Crippen molar-refractivity contribution in [1.82, 2.24) is 9.80 Å². The molecule has 9 heteroatoms. The Hall–Kier alpha value is -3.56. The normalized spacial score (nSPS) is 17.1. The van der Waals surface area contributed by atoms with E-state index in [0.717, 1.165) is 31.4 Å². The molecule has 0 unspecified atom stereocenters. The summed E-state index contributed by atoms with van der Waals surface area (Å²) >= 11 is 1.39. The van der Waals surface area contributed by atoms with Crippen LogP contribution in [0.5, 0.6) is 0 Å². The molecule has 0 bridgehead atoms. The Balaban J connectivity index is 1.62. The standard InChI is InChI=1S/C25H22FN3O3SSi/c1-27-23(30)17(24(31)28(2)25(27)32)14-16-10-12-22(33-16)29-18-7-5-6-8-20(18)34(3,4)21-11-9-15(26)13-19(21)29/h5-14H,1-4H3. The molecule has 1 aromatic heterocycles. The smallest absolute Gasteiger partial charge is 0.302 e. The van der Waals surface area contributed by atoms with Gasteiger partial charge in [-0.15, -0.1) is 11.3 Å². The van der Waals surface area contributed by atoms with Crippen molar-refractivity contribution in [3.63, 3.8) is 0 Å². The average molecular weight is 492 g/mol. The molecule has 1 fully saturated rings. The molecule has 172 valence electrons. The van der Waals surface area contributed by atoms with Crippen molar-refractivity contribution in [3.05, 3.63) is 70.9 Å². The molecular formula is C25H22FN3O3SSi. The number of hydrogen-bond donors (Lipinski definition) is 0. The number of anilines is 3. The first-order valence-corrected chi connectivity index (χ1v) is 14.5. The number of para-hydroxylation sites is 1. The molecule has 34 heavy (non-hydrogen) atoms. The van der Waals surface area contributed by atoms with Crippen LogP contribution in [-0.4, -0.2) is 49.8 Å². The number of urea groups is 1. The van der Waals surface area contributed by atoms with Gasteiger partial charge in [-0.25, -0.2) is 9.18 Å². The number of carbonyl (C=O) groups excluding carboxylic acids is 3. The Labute approximate surface area is 201 Å². The SMILES string of the molecule is CN1C(=O)C(=Cc2ccc(N3c4ccccc4[Si](C)(C)c4ccc(F)cc43)s2)C(=O)N(C)C1=O. The first-order valence-electron chi connectivity index (χ1n) is 10.7. The molecular weight excluding hydrogens is 469 g/mol. The Morgan fingerprint density at radius 3 is 2.21 bits per heavy atom. The summed E-state index contributed by atoms with van der Waals surface area (Å²) in [6, 6.07) is 16.2. The third kappa shape index (κ3) is 3.23. The molecule has 3 heterocycles. The van der Waals surface area contributed by atoms with E-state index >= 15 is 0 Å². The van der Waals surface area contributed by atoms with Gasteiger partial charge >= 0.3 is 6.03 Å². The van der Waals surface area contributed by atoms with E-state index in [1.54, 1.807) is 6.07 Å². The summed E-state index contributed by atoms with van der Waals surface area (Å²) < 4.78 is 14.4. The fraction of sp³-hybridized carbons (Fsp3) is 0.160. The monoisotopic (exact) mass is 491 g/mol. The third-order valence-corrected chi connectivity index (χ3v) is 11.0. The maximum Gasteiger partial charge on any atom is 0.333 e. The van der Waals surface area contributed by atoms with E-state index in [1.807, 2.05) is 41.3 Å². The van der Waals surface area contributed by atoms with Crippen molar-refractivity contribution in [3.8, 4) is 0 Å². The van der Waals surface area contributed by atoms with Crippen molar-refractivity contribution in [2.24, 2.45) is 0 Å². The second-order valence-corrected chi connectivity index (χ2v) is 14.3. The predicted molar refractivity (Wildman–Crippen MR) is 135 cm³/mol. The number of barbiturate groups is 1. The Kier molecular flexibility index (Phi) is 5.07. The van der Waals surface area contributed by atoms with Crippen LogP contribution >= 0.6 is 11.3 Å². The van der Waals surface area contributed by atoms with Crippen LogP contribution in [0, 0.1) is 5.82 Å². The highest BCUT2D eigenvalue weighted by atomic mass is 32.1. The quantitative estimate of drug-likeness (QED) is 0.310. The zero-order chi connectivity index (χ0) is 24.4. The molecule has 2 aliphatic rings. The lowest BCUT2D eigenvalue weighted by Crippen LogP contribution is -2.58. The van der Waals surface area contributed by atoms with Gasteiger partial charge in [0.25, 0.3) is 11.8 Å². The number of benzene rings is 2. The van der Waals surface area contributed by atoms with Crippen LogP contribution in [0.15, 0.2) is 60.2 Å². The molecule has 3 aromatic rings. The minimum Gasteiger partial charge on any atom is -0.302 e. The highest BCUT2D eigenvalue weighted by Gasteiger charge is 2.40. The van der Waals surface area contributed by atoms with Crippen LogP contribution in [0.4, 0.5) is 25.6 Å². The number of likely N-dealkylation sites (N-methyl/N-ethyl adjacent to an activating group) is 2. The highest BCUT2D eigenvalue weighted by molar-refractivity contribution is 7.17. The summed E-state index contributed by atoms with van der Waals surface area (Å²) in [6.45, 7) is 4.53. The lowest BCUT2D eigenvalue weighted by molar-refractivity contribution is -0.134. The van der Waals surface area contributed by atoms with E-state index in [4.69, 9.17) is 0 Å². The number of rotatable bonds is 2. The van der Waals surface area contributed by atoms with Gasteiger partial charge in [0.15, 0.2) is 0 Å². The maximum absolute atomic E-state index is 14.4. The van der Waals surface area contributed by atoms with Crippen molar-refractivity contribution >= 4 is 70.1 Å². The Bertz CT molecular complexity index is 1390. The molecule has 4 amide bonds. The van der Waals surface area contributed by atoms with Gasteiger partial charge in [-0.3, -0.25) is 19.4 Å². The summed E-state index contributed by atoms with van der Waals surface area (Å²) in [5, 5.41) is 3.23. The number of hydrogen-bond acceptors (Lipinski definition) is 5. The van der Waals surface area contributed by atoms with Gasteiger partial charge in [0, 0.05) is 30.3 Å². The number of carbonyl (C=O) groups is 3.